The Morgan fingerprint density at radius 3 is 2.64 bits per heavy atom. The maximum atomic E-state index is 13.4. The Morgan fingerprint density at radius 2 is 1.84 bits per heavy atom. The molecule has 2 aromatic rings. The fourth-order valence-electron chi connectivity index (χ4n) is 3.71. The molecule has 2 heterocycles. The zero-order chi connectivity index (χ0) is 17.4. The predicted octanol–water partition coefficient (Wildman–Crippen LogP) is 2.76. The van der Waals surface area contributed by atoms with Gasteiger partial charge in [0, 0.05) is 25.3 Å². The monoisotopic (exact) mass is 338 g/mol. The van der Waals surface area contributed by atoms with Crippen molar-refractivity contribution in [2.24, 2.45) is 5.92 Å². The highest BCUT2D eigenvalue weighted by molar-refractivity contribution is 6.09. The number of anilines is 1. The van der Waals surface area contributed by atoms with Crippen LogP contribution in [0.5, 0.6) is 0 Å². The van der Waals surface area contributed by atoms with Gasteiger partial charge < -0.3 is 9.80 Å². The fourth-order valence-corrected chi connectivity index (χ4v) is 3.71. The standard InChI is InChI=1S/C20H19FN2O2/c21-16-6-3-7-17(12-16)23-11-9-18(20(23)25)19(24)22-10-8-14-4-1-2-5-15(14)13-22/h1-7,12,18H,8-11,13H2. The summed E-state index contributed by atoms with van der Waals surface area (Å²) in [7, 11) is 0. The van der Waals surface area contributed by atoms with Crippen LogP contribution in [0.1, 0.15) is 17.5 Å². The smallest absolute Gasteiger partial charge is 0.239 e. The highest BCUT2D eigenvalue weighted by atomic mass is 19.1. The van der Waals surface area contributed by atoms with Crippen LogP contribution in [0, 0.1) is 11.7 Å². The maximum Gasteiger partial charge on any atom is 0.239 e. The lowest BCUT2D eigenvalue weighted by molar-refractivity contribution is -0.140. The molecule has 0 bridgehead atoms. The minimum atomic E-state index is -0.659. The molecule has 4 rings (SSSR count). The van der Waals surface area contributed by atoms with E-state index in [1.165, 1.54) is 22.6 Å². The number of carbonyl (C=O) groups excluding carboxylic acids is 2. The largest absolute Gasteiger partial charge is 0.337 e. The van der Waals surface area contributed by atoms with E-state index in [0.717, 1.165) is 12.0 Å². The third kappa shape index (κ3) is 2.90. The van der Waals surface area contributed by atoms with Crippen LogP contribution >= 0.6 is 0 Å². The van der Waals surface area contributed by atoms with Gasteiger partial charge in [-0.2, -0.15) is 0 Å². The number of halogens is 1. The van der Waals surface area contributed by atoms with Crippen LogP contribution in [-0.2, 0) is 22.6 Å². The van der Waals surface area contributed by atoms with E-state index < -0.39 is 5.92 Å². The normalized spacial score (nSPS) is 19.9. The number of carbonyl (C=O) groups is 2. The Kier molecular flexibility index (Phi) is 3.99. The third-order valence-corrected chi connectivity index (χ3v) is 5.07. The Bertz CT molecular complexity index is 836. The molecule has 0 spiro atoms. The highest BCUT2D eigenvalue weighted by Crippen LogP contribution is 2.28. The average Bonchev–Trinajstić information content (AvgIpc) is 3.02. The summed E-state index contributed by atoms with van der Waals surface area (Å²) in [4.78, 5) is 28.9. The van der Waals surface area contributed by atoms with Crippen LogP contribution in [-0.4, -0.2) is 29.8 Å². The van der Waals surface area contributed by atoms with Gasteiger partial charge in [0.1, 0.15) is 11.7 Å². The number of fused-ring (bicyclic) bond motifs is 1. The Morgan fingerprint density at radius 1 is 1.04 bits per heavy atom. The molecule has 1 fully saturated rings. The van der Waals surface area contributed by atoms with Gasteiger partial charge in [-0.3, -0.25) is 9.59 Å². The van der Waals surface area contributed by atoms with Gasteiger partial charge in [-0.05, 0) is 42.2 Å². The number of nitrogens with zero attached hydrogens (tertiary/aromatic N) is 2. The van der Waals surface area contributed by atoms with Gasteiger partial charge >= 0.3 is 0 Å². The summed E-state index contributed by atoms with van der Waals surface area (Å²) in [5, 5.41) is 0. The fraction of sp³-hybridized carbons (Fsp3) is 0.300. The van der Waals surface area contributed by atoms with Crippen LogP contribution < -0.4 is 4.90 Å². The molecule has 2 aromatic carbocycles. The van der Waals surface area contributed by atoms with Gasteiger partial charge in [-0.15, -0.1) is 0 Å². The van der Waals surface area contributed by atoms with Crippen LogP contribution in [0.15, 0.2) is 48.5 Å². The molecule has 0 N–H and O–H groups in total. The maximum absolute atomic E-state index is 13.4. The number of amides is 2. The zero-order valence-corrected chi connectivity index (χ0v) is 13.8. The second kappa shape index (κ2) is 6.31. The number of hydrogen-bond donors (Lipinski definition) is 0. The van der Waals surface area contributed by atoms with Crippen molar-refractivity contribution in [1.29, 1.82) is 0 Å². The molecular formula is C20H19FN2O2. The lowest BCUT2D eigenvalue weighted by atomic mass is 9.98. The number of rotatable bonds is 2. The van der Waals surface area contributed by atoms with E-state index in [4.69, 9.17) is 0 Å². The molecular weight excluding hydrogens is 319 g/mol. The highest BCUT2D eigenvalue weighted by Gasteiger charge is 2.40. The van der Waals surface area contributed by atoms with E-state index in [9.17, 15) is 14.0 Å². The molecule has 128 valence electrons. The summed E-state index contributed by atoms with van der Waals surface area (Å²) >= 11 is 0. The van der Waals surface area contributed by atoms with Gasteiger partial charge in [0.2, 0.25) is 11.8 Å². The summed E-state index contributed by atoms with van der Waals surface area (Å²) in [6.07, 6.45) is 1.29. The minimum absolute atomic E-state index is 0.113. The summed E-state index contributed by atoms with van der Waals surface area (Å²) in [5.74, 6) is -1.38. The second-order valence-electron chi connectivity index (χ2n) is 6.59. The Hall–Kier alpha value is -2.69. The lowest BCUT2D eigenvalue weighted by Crippen LogP contribution is -2.42. The third-order valence-electron chi connectivity index (χ3n) is 5.07. The van der Waals surface area contributed by atoms with E-state index in [0.29, 0.717) is 31.7 Å². The topological polar surface area (TPSA) is 40.6 Å². The van der Waals surface area contributed by atoms with Crippen LogP contribution in [0.2, 0.25) is 0 Å². The van der Waals surface area contributed by atoms with Crippen molar-refractivity contribution >= 4 is 17.5 Å². The molecule has 0 aromatic heterocycles. The predicted molar refractivity (Wildman–Crippen MR) is 92.4 cm³/mol. The van der Waals surface area contributed by atoms with Crippen molar-refractivity contribution in [2.45, 2.75) is 19.4 Å². The summed E-state index contributed by atoms with van der Waals surface area (Å²) in [6.45, 7) is 1.64. The molecule has 2 aliphatic heterocycles. The molecule has 4 nitrogen and oxygen atoms in total. The van der Waals surface area contributed by atoms with Gasteiger partial charge in [-0.25, -0.2) is 4.39 Å². The van der Waals surface area contributed by atoms with Gasteiger partial charge in [0.15, 0.2) is 0 Å². The van der Waals surface area contributed by atoms with Crippen molar-refractivity contribution in [2.75, 3.05) is 18.0 Å². The van der Waals surface area contributed by atoms with Crippen molar-refractivity contribution in [3.8, 4) is 0 Å². The first-order valence-corrected chi connectivity index (χ1v) is 8.56. The van der Waals surface area contributed by atoms with E-state index >= 15 is 0 Å². The van der Waals surface area contributed by atoms with E-state index in [2.05, 4.69) is 6.07 Å². The first-order chi connectivity index (χ1) is 12.1. The van der Waals surface area contributed by atoms with Crippen molar-refractivity contribution in [1.82, 2.24) is 4.90 Å². The van der Waals surface area contributed by atoms with Gasteiger partial charge in [-0.1, -0.05) is 30.3 Å². The first-order valence-electron chi connectivity index (χ1n) is 8.56. The van der Waals surface area contributed by atoms with Crippen molar-refractivity contribution < 1.29 is 14.0 Å². The molecule has 0 saturated carbocycles. The molecule has 0 aliphatic carbocycles. The molecule has 1 atom stereocenters. The summed E-state index contributed by atoms with van der Waals surface area (Å²) < 4.78 is 13.4. The Labute approximate surface area is 145 Å². The minimum Gasteiger partial charge on any atom is -0.337 e. The molecule has 2 aliphatic rings. The molecule has 0 radical (unpaired) electrons. The summed E-state index contributed by atoms with van der Waals surface area (Å²) in [5.41, 5.74) is 2.93. The molecule has 25 heavy (non-hydrogen) atoms. The van der Waals surface area contributed by atoms with Gasteiger partial charge in [0.05, 0.1) is 0 Å². The Balaban J connectivity index is 1.49. The zero-order valence-electron chi connectivity index (χ0n) is 13.8. The average molecular weight is 338 g/mol. The van der Waals surface area contributed by atoms with Crippen molar-refractivity contribution in [3.05, 3.63) is 65.5 Å². The van der Waals surface area contributed by atoms with Crippen LogP contribution in [0.3, 0.4) is 0 Å². The SMILES string of the molecule is O=C(C1CCN(c2cccc(F)c2)C1=O)N1CCc2ccccc2C1. The molecule has 1 unspecified atom stereocenters. The molecule has 5 heteroatoms. The van der Waals surface area contributed by atoms with E-state index in [1.807, 2.05) is 18.2 Å². The lowest BCUT2D eigenvalue weighted by Gasteiger charge is -2.30. The van der Waals surface area contributed by atoms with Gasteiger partial charge in [0.25, 0.3) is 0 Å². The number of hydrogen-bond acceptors (Lipinski definition) is 2. The molecule has 1 saturated heterocycles. The second-order valence-corrected chi connectivity index (χ2v) is 6.59. The van der Waals surface area contributed by atoms with Crippen LogP contribution in [0.4, 0.5) is 10.1 Å². The van der Waals surface area contributed by atoms with E-state index in [1.54, 1.807) is 17.0 Å². The van der Waals surface area contributed by atoms with E-state index in [-0.39, 0.29) is 17.6 Å². The number of benzene rings is 2. The van der Waals surface area contributed by atoms with Crippen LogP contribution in [0.25, 0.3) is 0 Å². The summed E-state index contributed by atoms with van der Waals surface area (Å²) in [6, 6.07) is 14.1. The van der Waals surface area contributed by atoms with Crippen molar-refractivity contribution in [3.63, 3.8) is 0 Å². The molecule has 2 amide bonds. The first kappa shape index (κ1) is 15.8. The quantitative estimate of drug-likeness (QED) is 0.790.